The van der Waals surface area contributed by atoms with Crippen molar-refractivity contribution in [1.82, 2.24) is 14.9 Å². The molecule has 0 bridgehead atoms. The molecule has 4 nitrogen and oxygen atoms in total. The minimum absolute atomic E-state index is 0.0268. The lowest BCUT2D eigenvalue weighted by molar-refractivity contribution is -0.120. The first-order valence-electron chi connectivity index (χ1n) is 7.42. The molecule has 0 saturated carbocycles. The van der Waals surface area contributed by atoms with E-state index in [0.29, 0.717) is 5.82 Å². The molecule has 24 heavy (non-hydrogen) atoms. The van der Waals surface area contributed by atoms with Crippen molar-refractivity contribution in [2.75, 3.05) is 0 Å². The summed E-state index contributed by atoms with van der Waals surface area (Å²) in [5.74, 6) is -1.70. The smallest absolute Gasteiger partial charge is 0.224 e. The third-order valence-corrected chi connectivity index (χ3v) is 3.58. The first-order valence-corrected chi connectivity index (χ1v) is 7.42. The predicted molar refractivity (Wildman–Crippen MR) is 85.5 cm³/mol. The molecule has 0 radical (unpaired) electrons. The first kappa shape index (κ1) is 15.9. The van der Waals surface area contributed by atoms with Gasteiger partial charge in [0.25, 0.3) is 0 Å². The van der Waals surface area contributed by atoms with Gasteiger partial charge in [0.2, 0.25) is 5.91 Å². The lowest BCUT2D eigenvalue weighted by Gasteiger charge is -2.09. The maximum atomic E-state index is 13.6. The summed E-state index contributed by atoms with van der Waals surface area (Å²) in [5.41, 5.74) is 0.953. The standard InChI is InChI=1S/C18H15F2N3O/c19-15-8-4-5-13(18(15)20)11-17(24)22-12-16-21-9-10-23(16)14-6-2-1-3-7-14/h1-10H,11-12H2,(H,22,24). The molecule has 0 aliphatic rings. The lowest BCUT2D eigenvalue weighted by atomic mass is 10.1. The van der Waals surface area contributed by atoms with Crippen LogP contribution in [0.2, 0.25) is 0 Å². The maximum absolute atomic E-state index is 13.6. The number of aromatic nitrogens is 2. The van der Waals surface area contributed by atoms with E-state index in [1.54, 1.807) is 12.4 Å². The van der Waals surface area contributed by atoms with E-state index in [1.165, 1.54) is 12.1 Å². The Labute approximate surface area is 137 Å². The van der Waals surface area contributed by atoms with Gasteiger partial charge in [-0.25, -0.2) is 13.8 Å². The average molecular weight is 327 g/mol. The molecule has 0 unspecified atom stereocenters. The highest BCUT2D eigenvalue weighted by molar-refractivity contribution is 5.78. The summed E-state index contributed by atoms with van der Waals surface area (Å²) in [4.78, 5) is 16.2. The van der Waals surface area contributed by atoms with E-state index in [2.05, 4.69) is 10.3 Å². The molecule has 2 aromatic carbocycles. The number of hydrogen-bond donors (Lipinski definition) is 1. The van der Waals surface area contributed by atoms with Gasteiger partial charge in [0.1, 0.15) is 5.82 Å². The molecule has 3 aromatic rings. The van der Waals surface area contributed by atoms with E-state index >= 15 is 0 Å². The Balaban J connectivity index is 1.65. The van der Waals surface area contributed by atoms with Crippen molar-refractivity contribution in [3.05, 3.63) is 83.9 Å². The van der Waals surface area contributed by atoms with Crippen LogP contribution in [-0.4, -0.2) is 15.5 Å². The van der Waals surface area contributed by atoms with Gasteiger partial charge >= 0.3 is 0 Å². The number of rotatable bonds is 5. The summed E-state index contributed by atoms with van der Waals surface area (Å²) < 4.78 is 28.6. The number of halogens is 2. The highest BCUT2D eigenvalue weighted by atomic mass is 19.2. The Morgan fingerprint density at radius 1 is 1.08 bits per heavy atom. The minimum Gasteiger partial charge on any atom is -0.349 e. The fourth-order valence-electron chi connectivity index (χ4n) is 2.39. The summed E-state index contributed by atoms with van der Waals surface area (Å²) in [5, 5.41) is 2.68. The van der Waals surface area contributed by atoms with E-state index in [-0.39, 0.29) is 18.5 Å². The molecule has 0 spiro atoms. The summed E-state index contributed by atoms with van der Waals surface area (Å²) in [6, 6.07) is 13.4. The molecule has 0 saturated heterocycles. The first-order chi connectivity index (χ1) is 11.6. The third kappa shape index (κ3) is 3.48. The number of benzene rings is 2. The van der Waals surface area contributed by atoms with Gasteiger partial charge in [-0.1, -0.05) is 30.3 Å². The minimum atomic E-state index is -0.988. The van der Waals surface area contributed by atoms with Crippen LogP contribution >= 0.6 is 0 Å². The van der Waals surface area contributed by atoms with Crippen molar-refractivity contribution < 1.29 is 13.6 Å². The van der Waals surface area contributed by atoms with E-state index in [4.69, 9.17) is 0 Å². The Morgan fingerprint density at radius 3 is 2.67 bits per heavy atom. The van der Waals surface area contributed by atoms with E-state index < -0.39 is 17.5 Å². The molecule has 1 aromatic heterocycles. The molecule has 0 fully saturated rings. The molecule has 0 aliphatic carbocycles. The average Bonchev–Trinajstić information content (AvgIpc) is 3.06. The van der Waals surface area contributed by atoms with Crippen molar-refractivity contribution in [1.29, 1.82) is 0 Å². The van der Waals surface area contributed by atoms with Crippen molar-refractivity contribution in [3.8, 4) is 5.69 Å². The number of nitrogens with zero attached hydrogens (tertiary/aromatic N) is 2. The molecule has 0 atom stereocenters. The van der Waals surface area contributed by atoms with Crippen LogP contribution in [0, 0.1) is 11.6 Å². The van der Waals surface area contributed by atoms with Gasteiger partial charge in [-0.2, -0.15) is 0 Å². The fourth-order valence-corrected chi connectivity index (χ4v) is 2.39. The van der Waals surface area contributed by atoms with Crippen LogP contribution in [0.3, 0.4) is 0 Å². The number of nitrogens with one attached hydrogen (secondary N) is 1. The van der Waals surface area contributed by atoms with E-state index in [9.17, 15) is 13.6 Å². The van der Waals surface area contributed by atoms with Crippen LogP contribution in [0.15, 0.2) is 60.9 Å². The number of imidazole rings is 1. The second-order valence-corrected chi connectivity index (χ2v) is 5.22. The quantitative estimate of drug-likeness (QED) is 0.783. The number of para-hydroxylation sites is 1. The van der Waals surface area contributed by atoms with Crippen LogP contribution < -0.4 is 5.32 Å². The lowest BCUT2D eigenvalue weighted by Crippen LogP contribution is -2.26. The maximum Gasteiger partial charge on any atom is 0.224 e. The summed E-state index contributed by atoms with van der Waals surface area (Å²) in [6.07, 6.45) is 3.21. The van der Waals surface area contributed by atoms with Crippen molar-refractivity contribution in [2.45, 2.75) is 13.0 Å². The van der Waals surface area contributed by atoms with Crippen LogP contribution in [0.1, 0.15) is 11.4 Å². The Kier molecular flexibility index (Phi) is 4.65. The molecular formula is C18H15F2N3O. The van der Waals surface area contributed by atoms with Gasteiger partial charge in [0.05, 0.1) is 13.0 Å². The largest absolute Gasteiger partial charge is 0.349 e. The Bertz CT molecular complexity index is 846. The van der Waals surface area contributed by atoms with Crippen molar-refractivity contribution in [2.24, 2.45) is 0 Å². The van der Waals surface area contributed by atoms with Gasteiger partial charge in [-0.15, -0.1) is 0 Å². The van der Waals surface area contributed by atoms with Crippen molar-refractivity contribution >= 4 is 5.91 Å². The third-order valence-electron chi connectivity index (χ3n) is 3.58. The SMILES string of the molecule is O=C(Cc1cccc(F)c1F)NCc1nccn1-c1ccccc1. The topological polar surface area (TPSA) is 46.9 Å². The van der Waals surface area contributed by atoms with Gasteiger partial charge in [-0.3, -0.25) is 4.79 Å². The molecule has 122 valence electrons. The van der Waals surface area contributed by atoms with Gasteiger partial charge in [-0.05, 0) is 18.2 Å². The molecule has 3 rings (SSSR count). The van der Waals surface area contributed by atoms with Crippen LogP contribution in [0.25, 0.3) is 5.69 Å². The molecular weight excluding hydrogens is 312 g/mol. The highest BCUT2D eigenvalue weighted by Gasteiger charge is 2.12. The number of carbonyl (C=O) groups is 1. The highest BCUT2D eigenvalue weighted by Crippen LogP contribution is 2.12. The van der Waals surface area contributed by atoms with Crippen LogP contribution in [0.4, 0.5) is 8.78 Å². The van der Waals surface area contributed by atoms with Gasteiger partial charge < -0.3 is 9.88 Å². The second-order valence-electron chi connectivity index (χ2n) is 5.22. The normalized spacial score (nSPS) is 10.6. The number of amides is 1. The predicted octanol–water partition coefficient (Wildman–Crippen LogP) is 3.01. The van der Waals surface area contributed by atoms with Gasteiger partial charge in [0.15, 0.2) is 11.6 Å². The van der Waals surface area contributed by atoms with Crippen LogP contribution in [0.5, 0.6) is 0 Å². The Hall–Kier alpha value is -3.02. The number of carbonyl (C=O) groups excluding carboxylic acids is 1. The Morgan fingerprint density at radius 2 is 1.88 bits per heavy atom. The van der Waals surface area contributed by atoms with Gasteiger partial charge in [0, 0.05) is 23.6 Å². The summed E-state index contributed by atoms with van der Waals surface area (Å²) >= 11 is 0. The van der Waals surface area contributed by atoms with E-state index in [0.717, 1.165) is 11.8 Å². The summed E-state index contributed by atoms with van der Waals surface area (Å²) in [7, 11) is 0. The zero-order valence-electron chi connectivity index (χ0n) is 12.7. The summed E-state index contributed by atoms with van der Waals surface area (Å²) in [6.45, 7) is 0.192. The molecule has 6 heteroatoms. The monoisotopic (exact) mass is 327 g/mol. The molecule has 1 amide bonds. The van der Waals surface area contributed by atoms with Crippen molar-refractivity contribution in [3.63, 3.8) is 0 Å². The molecule has 1 N–H and O–H groups in total. The number of hydrogen-bond acceptors (Lipinski definition) is 2. The fraction of sp³-hybridized carbons (Fsp3) is 0.111. The second kappa shape index (κ2) is 7.04. The zero-order valence-corrected chi connectivity index (χ0v) is 12.7. The van der Waals surface area contributed by atoms with E-state index in [1.807, 2.05) is 34.9 Å². The zero-order chi connectivity index (χ0) is 16.9. The van der Waals surface area contributed by atoms with Crippen LogP contribution in [-0.2, 0) is 17.8 Å². The molecule has 1 heterocycles. The molecule has 0 aliphatic heterocycles.